The number of anilines is 1. The molecule has 0 saturated heterocycles. The summed E-state index contributed by atoms with van der Waals surface area (Å²) in [7, 11) is 0. The molecule has 2 rings (SSSR count). The lowest BCUT2D eigenvalue weighted by molar-refractivity contribution is -0.114. The minimum absolute atomic E-state index is 0.226. The Morgan fingerprint density at radius 3 is 2.69 bits per heavy atom. The molecule has 1 amide bonds. The molecule has 6 nitrogen and oxygen atoms in total. The van der Waals surface area contributed by atoms with Crippen LogP contribution in [0.5, 0.6) is 0 Å². The number of aryl methyl sites for hydroxylation is 2. The van der Waals surface area contributed by atoms with Crippen molar-refractivity contribution in [3.63, 3.8) is 0 Å². The number of carbonyl (C=O) groups excluding carboxylic acids is 1. The van der Waals surface area contributed by atoms with Gasteiger partial charge in [0.1, 0.15) is 0 Å². The summed E-state index contributed by atoms with van der Waals surface area (Å²) in [6.07, 6.45) is 0. The molecule has 0 radical (unpaired) electrons. The molecule has 2 aromatic heterocycles. The van der Waals surface area contributed by atoms with E-state index in [9.17, 15) is 4.79 Å². The van der Waals surface area contributed by atoms with E-state index in [0.29, 0.717) is 16.5 Å². The van der Waals surface area contributed by atoms with Crippen molar-refractivity contribution in [2.45, 2.75) is 20.8 Å². The number of carbonyl (C=O) groups is 1. The normalized spacial score (nSPS) is 10.8. The predicted octanol–water partition coefficient (Wildman–Crippen LogP) is 1.35. The SMILES string of the molecule is CC(=O)Nc1nc2nc(C)c(Cl)c(C)n2n1. The average Bonchev–Trinajstić information content (AvgIpc) is 2.56. The fourth-order valence-electron chi connectivity index (χ4n) is 1.37. The molecule has 0 aliphatic carbocycles. The first kappa shape index (κ1) is 10.8. The molecule has 1 N–H and O–H groups in total. The van der Waals surface area contributed by atoms with Gasteiger partial charge in [-0.05, 0) is 13.8 Å². The number of hydrogen-bond donors (Lipinski definition) is 1. The first-order chi connectivity index (χ1) is 7.49. The molecule has 2 aromatic rings. The molecule has 7 heteroatoms. The van der Waals surface area contributed by atoms with Gasteiger partial charge in [0.05, 0.1) is 16.4 Å². The van der Waals surface area contributed by atoms with E-state index in [0.717, 1.165) is 5.69 Å². The molecule has 0 atom stereocenters. The third-order valence-corrected chi connectivity index (χ3v) is 2.65. The summed E-state index contributed by atoms with van der Waals surface area (Å²) in [5.41, 5.74) is 1.43. The minimum atomic E-state index is -0.226. The smallest absolute Gasteiger partial charge is 0.254 e. The second-order valence-corrected chi connectivity index (χ2v) is 3.80. The number of nitrogens with one attached hydrogen (secondary N) is 1. The monoisotopic (exact) mass is 239 g/mol. The highest BCUT2D eigenvalue weighted by Gasteiger charge is 2.12. The summed E-state index contributed by atoms with van der Waals surface area (Å²) in [5, 5.41) is 7.12. The van der Waals surface area contributed by atoms with Crippen LogP contribution in [0, 0.1) is 13.8 Å². The Labute approximate surface area is 96.7 Å². The number of aromatic nitrogens is 4. The van der Waals surface area contributed by atoms with E-state index >= 15 is 0 Å². The average molecular weight is 240 g/mol. The third kappa shape index (κ3) is 1.71. The van der Waals surface area contributed by atoms with Gasteiger partial charge in [-0.3, -0.25) is 10.1 Å². The number of halogens is 1. The van der Waals surface area contributed by atoms with Gasteiger partial charge < -0.3 is 0 Å². The Kier molecular flexibility index (Phi) is 2.51. The van der Waals surface area contributed by atoms with Crippen LogP contribution in [0.25, 0.3) is 5.78 Å². The minimum Gasteiger partial charge on any atom is -0.293 e. The van der Waals surface area contributed by atoms with Crippen molar-refractivity contribution in [3.8, 4) is 0 Å². The first-order valence-electron chi connectivity index (χ1n) is 4.66. The largest absolute Gasteiger partial charge is 0.293 e. The second kappa shape index (κ2) is 3.71. The van der Waals surface area contributed by atoms with E-state index in [2.05, 4.69) is 20.4 Å². The molecule has 16 heavy (non-hydrogen) atoms. The highest BCUT2D eigenvalue weighted by Crippen LogP contribution is 2.19. The van der Waals surface area contributed by atoms with Crippen LogP contribution in [0.15, 0.2) is 0 Å². The van der Waals surface area contributed by atoms with Crippen LogP contribution >= 0.6 is 11.6 Å². The van der Waals surface area contributed by atoms with Gasteiger partial charge in [-0.1, -0.05) is 11.6 Å². The first-order valence-corrected chi connectivity index (χ1v) is 5.04. The van der Waals surface area contributed by atoms with Crippen LogP contribution in [0.4, 0.5) is 5.95 Å². The zero-order valence-electron chi connectivity index (χ0n) is 9.08. The van der Waals surface area contributed by atoms with Crippen molar-refractivity contribution in [2.24, 2.45) is 0 Å². The maximum Gasteiger partial charge on any atom is 0.254 e. The van der Waals surface area contributed by atoms with Crippen LogP contribution in [0.1, 0.15) is 18.3 Å². The lowest BCUT2D eigenvalue weighted by atomic mass is 10.3. The zero-order chi connectivity index (χ0) is 11.9. The molecule has 0 spiro atoms. The molecule has 84 valence electrons. The summed E-state index contributed by atoms with van der Waals surface area (Å²) in [6, 6.07) is 0. The zero-order valence-corrected chi connectivity index (χ0v) is 9.83. The Hall–Kier alpha value is -1.69. The van der Waals surface area contributed by atoms with Crippen molar-refractivity contribution < 1.29 is 4.79 Å². The van der Waals surface area contributed by atoms with Gasteiger partial charge in [-0.25, -0.2) is 4.98 Å². The van der Waals surface area contributed by atoms with Gasteiger partial charge in [0.2, 0.25) is 5.91 Å². The molecule has 0 saturated carbocycles. The second-order valence-electron chi connectivity index (χ2n) is 3.43. The van der Waals surface area contributed by atoms with E-state index in [1.165, 1.54) is 11.4 Å². The molecular formula is C9H10ClN5O. The van der Waals surface area contributed by atoms with Crippen LogP contribution in [-0.2, 0) is 4.79 Å². The standard InChI is InChI=1S/C9H10ClN5O/c1-4-7(10)5(2)15-9(11-4)13-8(14-15)12-6(3)16/h1-3H3,(H,12,14,16). The topological polar surface area (TPSA) is 72.2 Å². The van der Waals surface area contributed by atoms with E-state index in [1.54, 1.807) is 6.92 Å². The summed E-state index contributed by atoms with van der Waals surface area (Å²) >= 11 is 6.03. The van der Waals surface area contributed by atoms with Gasteiger partial charge in [0, 0.05) is 6.92 Å². The van der Waals surface area contributed by atoms with Crippen LogP contribution in [-0.4, -0.2) is 25.5 Å². The molecular weight excluding hydrogens is 230 g/mol. The quantitative estimate of drug-likeness (QED) is 0.816. The van der Waals surface area contributed by atoms with Crippen molar-refractivity contribution in [3.05, 3.63) is 16.4 Å². The third-order valence-electron chi connectivity index (χ3n) is 2.10. The Balaban J connectivity index is 2.62. The Bertz CT molecular complexity index is 577. The van der Waals surface area contributed by atoms with Gasteiger partial charge in [-0.15, -0.1) is 5.10 Å². The van der Waals surface area contributed by atoms with Crippen molar-refractivity contribution in [1.82, 2.24) is 19.6 Å². The highest BCUT2D eigenvalue weighted by atomic mass is 35.5. The van der Waals surface area contributed by atoms with E-state index in [-0.39, 0.29) is 11.9 Å². The summed E-state index contributed by atoms with van der Waals surface area (Å²) in [6.45, 7) is 5.00. The summed E-state index contributed by atoms with van der Waals surface area (Å²) < 4.78 is 1.50. The predicted molar refractivity (Wildman–Crippen MR) is 59.6 cm³/mol. The van der Waals surface area contributed by atoms with Crippen LogP contribution in [0.3, 0.4) is 0 Å². The molecule has 2 heterocycles. The molecule has 0 bridgehead atoms. The van der Waals surface area contributed by atoms with Crippen molar-refractivity contribution >= 4 is 29.2 Å². The highest BCUT2D eigenvalue weighted by molar-refractivity contribution is 6.31. The summed E-state index contributed by atoms with van der Waals surface area (Å²) in [4.78, 5) is 19.1. The lowest BCUT2D eigenvalue weighted by Gasteiger charge is -2.02. The Morgan fingerprint density at radius 1 is 1.38 bits per heavy atom. The fraction of sp³-hybridized carbons (Fsp3) is 0.333. The number of nitrogens with zero attached hydrogens (tertiary/aromatic N) is 4. The summed E-state index contributed by atoms with van der Waals surface area (Å²) in [5.74, 6) is 0.421. The lowest BCUT2D eigenvalue weighted by Crippen LogP contribution is -2.07. The maximum absolute atomic E-state index is 10.9. The van der Waals surface area contributed by atoms with E-state index in [1.807, 2.05) is 6.92 Å². The number of hydrogen-bond acceptors (Lipinski definition) is 4. The molecule has 0 aliphatic heterocycles. The maximum atomic E-state index is 10.9. The number of amides is 1. The van der Waals surface area contributed by atoms with E-state index < -0.39 is 0 Å². The van der Waals surface area contributed by atoms with Crippen molar-refractivity contribution in [1.29, 1.82) is 0 Å². The number of fused-ring (bicyclic) bond motifs is 1. The van der Waals surface area contributed by atoms with Gasteiger partial charge in [0.25, 0.3) is 11.7 Å². The van der Waals surface area contributed by atoms with Gasteiger partial charge >= 0.3 is 0 Å². The van der Waals surface area contributed by atoms with E-state index in [4.69, 9.17) is 11.6 Å². The number of rotatable bonds is 1. The van der Waals surface area contributed by atoms with Gasteiger partial charge in [0.15, 0.2) is 0 Å². The van der Waals surface area contributed by atoms with Gasteiger partial charge in [-0.2, -0.15) is 9.50 Å². The Morgan fingerprint density at radius 2 is 2.06 bits per heavy atom. The molecule has 0 fully saturated rings. The molecule has 0 unspecified atom stereocenters. The van der Waals surface area contributed by atoms with Crippen LogP contribution < -0.4 is 5.32 Å². The molecule has 0 aromatic carbocycles. The van der Waals surface area contributed by atoms with Crippen molar-refractivity contribution in [2.75, 3.05) is 5.32 Å². The fourth-order valence-corrected chi connectivity index (χ4v) is 1.49. The molecule has 0 aliphatic rings. The van der Waals surface area contributed by atoms with Crippen LogP contribution in [0.2, 0.25) is 5.02 Å².